The van der Waals surface area contributed by atoms with Crippen LogP contribution in [-0.4, -0.2) is 43.5 Å². The minimum atomic E-state index is -3.40. The predicted octanol–water partition coefficient (Wildman–Crippen LogP) is -2.71. The smallest absolute Gasteiger partial charge is 0.224 e. The van der Waals surface area contributed by atoms with Crippen LogP contribution in [0.3, 0.4) is 0 Å². The lowest BCUT2D eigenvalue weighted by atomic mass is 9.99. The Labute approximate surface area is 137 Å². The third kappa shape index (κ3) is 2.99. The molecular weight excluding hydrogens is 304 g/mol. The highest BCUT2D eigenvalue weighted by molar-refractivity contribution is 7.84. The van der Waals surface area contributed by atoms with E-state index in [2.05, 4.69) is 19.9 Å². The second-order valence-corrected chi connectivity index (χ2v) is 7.40. The number of pyridine rings is 2. The van der Waals surface area contributed by atoms with Crippen LogP contribution < -0.4 is 32.8 Å². The molecule has 0 unspecified atom stereocenters. The Bertz CT molecular complexity index is 752. The quantitative estimate of drug-likeness (QED) is 0.389. The molecule has 9 heteroatoms. The van der Waals surface area contributed by atoms with Gasteiger partial charge >= 0.3 is 0 Å². The zero-order valence-corrected chi connectivity index (χ0v) is 12.9. The van der Waals surface area contributed by atoms with Gasteiger partial charge in [-0.25, -0.2) is 4.98 Å². The van der Waals surface area contributed by atoms with E-state index in [1.165, 1.54) is 24.8 Å². The summed E-state index contributed by atoms with van der Waals surface area (Å²) >= 11 is 0. The summed E-state index contributed by atoms with van der Waals surface area (Å²) in [5.41, 5.74) is 2.02. The van der Waals surface area contributed by atoms with Crippen molar-refractivity contribution in [1.29, 1.82) is 0 Å². The van der Waals surface area contributed by atoms with Gasteiger partial charge in [0.2, 0.25) is 7.14 Å². The van der Waals surface area contributed by atoms with Gasteiger partial charge in [-0.15, -0.1) is 0 Å². The summed E-state index contributed by atoms with van der Waals surface area (Å²) in [6, 6.07) is 6.42. The lowest BCUT2D eigenvalue weighted by Crippen LogP contribution is -2.33. The Morgan fingerprint density at radius 2 is 1.17 bits per heavy atom. The maximum absolute atomic E-state index is 13.8. The van der Waals surface area contributed by atoms with Gasteiger partial charge in [-0.3, -0.25) is 15.0 Å². The van der Waals surface area contributed by atoms with Crippen LogP contribution in [-0.2, 0) is 4.57 Å². The molecular formula is C14H8B3N4OP. The summed E-state index contributed by atoms with van der Waals surface area (Å²) in [5.74, 6) is 0. The van der Waals surface area contributed by atoms with E-state index in [1.54, 1.807) is 24.3 Å². The van der Waals surface area contributed by atoms with Crippen LogP contribution in [0.2, 0.25) is 0 Å². The monoisotopic (exact) mass is 312 g/mol. The molecule has 0 saturated carbocycles. The van der Waals surface area contributed by atoms with Gasteiger partial charge in [0, 0.05) is 24.2 Å². The van der Waals surface area contributed by atoms with E-state index < -0.39 is 7.14 Å². The molecule has 104 valence electrons. The van der Waals surface area contributed by atoms with E-state index in [4.69, 9.17) is 23.5 Å². The highest BCUT2D eigenvalue weighted by Gasteiger charge is 2.34. The van der Waals surface area contributed by atoms with Crippen LogP contribution in [0.4, 0.5) is 0 Å². The van der Waals surface area contributed by atoms with Gasteiger partial charge in [0.05, 0.1) is 6.20 Å². The Kier molecular flexibility index (Phi) is 4.18. The van der Waals surface area contributed by atoms with Crippen molar-refractivity contribution in [3.63, 3.8) is 0 Å². The summed E-state index contributed by atoms with van der Waals surface area (Å²) in [4.78, 5) is 16.5. The maximum Gasteiger partial charge on any atom is 0.224 e. The van der Waals surface area contributed by atoms with Crippen LogP contribution in [0.1, 0.15) is 0 Å². The molecule has 0 aliphatic rings. The minimum Gasteiger partial charge on any atom is -0.304 e. The van der Waals surface area contributed by atoms with Gasteiger partial charge in [-0.2, -0.15) is 0 Å². The van der Waals surface area contributed by atoms with E-state index in [0.29, 0.717) is 21.8 Å². The average molecular weight is 312 g/mol. The molecule has 0 N–H and O–H groups in total. The van der Waals surface area contributed by atoms with Crippen LogP contribution in [0.25, 0.3) is 0 Å². The number of nitrogens with zero attached hydrogens (tertiary/aromatic N) is 4. The van der Waals surface area contributed by atoms with Crippen molar-refractivity contribution in [2.75, 3.05) is 0 Å². The summed E-state index contributed by atoms with van der Waals surface area (Å²) in [5, 5.41) is 0. The third-order valence-corrected chi connectivity index (χ3v) is 5.86. The molecule has 3 aromatic rings. The van der Waals surface area contributed by atoms with Gasteiger partial charge in [0.1, 0.15) is 39.8 Å². The average Bonchev–Trinajstić information content (AvgIpc) is 2.56. The fourth-order valence-corrected chi connectivity index (χ4v) is 4.17. The molecule has 3 aromatic heterocycles. The van der Waals surface area contributed by atoms with Gasteiger partial charge < -0.3 is 4.57 Å². The number of aromatic nitrogens is 4. The van der Waals surface area contributed by atoms with Crippen LogP contribution in [0.15, 0.2) is 49.1 Å². The molecule has 0 aliphatic heterocycles. The highest BCUT2D eigenvalue weighted by Crippen LogP contribution is 2.39. The summed E-state index contributed by atoms with van der Waals surface area (Å²) in [6.45, 7) is 0. The lowest BCUT2D eigenvalue weighted by Gasteiger charge is -2.17. The lowest BCUT2D eigenvalue weighted by molar-refractivity contribution is 0.591. The maximum atomic E-state index is 13.8. The molecule has 0 aromatic carbocycles. The first kappa shape index (κ1) is 15.7. The molecule has 3 heterocycles. The van der Waals surface area contributed by atoms with Crippen molar-refractivity contribution in [3.05, 3.63) is 49.1 Å². The van der Waals surface area contributed by atoms with E-state index in [0.717, 1.165) is 0 Å². The zero-order valence-electron chi connectivity index (χ0n) is 12.0. The molecule has 0 atom stereocenters. The Hall–Kier alpha value is -2.20. The van der Waals surface area contributed by atoms with E-state index in [-0.39, 0.29) is 11.0 Å². The number of rotatable bonds is 3. The fraction of sp³-hybridized carbons (Fsp3) is 0. The zero-order chi connectivity index (χ0) is 16.4. The molecule has 0 fully saturated rings. The Balaban J connectivity index is 2.24. The predicted molar refractivity (Wildman–Crippen MR) is 93.2 cm³/mol. The first-order chi connectivity index (χ1) is 11.0. The molecule has 6 radical (unpaired) electrons. The first-order valence-electron chi connectivity index (χ1n) is 6.62. The Morgan fingerprint density at radius 3 is 1.57 bits per heavy atom. The molecule has 5 nitrogen and oxygen atoms in total. The molecule has 0 saturated heterocycles. The first-order valence-corrected chi connectivity index (χ1v) is 8.33. The summed E-state index contributed by atoms with van der Waals surface area (Å²) in [6.07, 6.45) is 5.58. The third-order valence-electron chi connectivity index (χ3n) is 3.17. The van der Waals surface area contributed by atoms with Gasteiger partial charge in [-0.05, 0) is 12.1 Å². The van der Waals surface area contributed by atoms with Crippen molar-refractivity contribution in [3.8, 4) is 0 Å². The van der Waals surface area contributed by atoms with E-state index >= 15 is 0 Å². The van der Waals surface area contributed by atoms with E-state index in [9.17, 15) is 4.57 Å². The molecule has 0 amide bonds. The summed E-state index contributed by atoms with van der Waals surface area (Å²) < 4.78 is 13.8. The molecule has 0 bridgehead atoms. The van der Waals surface area contributed by atoms with Crippen molar-refractivity contribution in [2.45, 2.75) is 0 Å². The second-order valence-electron chi connectivity index (χ2n) is 4.81. The molecule has 0 spiro atoms. The molecule has 3 rings (SSSR count). The molecule has 23 heavy (non-hydrogen) atoms. The fourth-order valence-electron chi connectivity index (χ4n) is 2.01. The topological polar surface area (TPSA) is 68.6 Å². The van der Waals surface area contributed by atoms with Gasteiger partial charge in [-0.1, -0.05) is 23.1 Å². The van der Waals surface area contributed by atoms with Gasteiger partial charge in [0.15, 0.2) is 0 Å². The standard InChI is InChI=1S/C14H8B3N4OP/c15-9-1-3-12(19-5-9)23(22,13-4-2-10(16)6-20-13)14-8-18-11(17)7-21-14/h1-8H. The van der Waals surface area contributed by atoms with Crippen molar-refractivity contribution in [1.82, 2.24) is 19.9 Å². The number of hydrogen-bond acceptors (Lipinski definition) is 5. The van der Waals surface area contributed by atoms with Crippen LogP contribution >= 0.6 is 7.14 Å². The Morgan fingerprint density at radius 1 is 0.652 bits per heavy atom. The minimum absolute atomic E-state index is 0.232. The second kappa shape index (κ2) is 6.13. The normalized spacial score (nSPS) is 11.3. The van der Waals surface area contributed by atoms with Crippen LogP contribution in [0.5, 0.6) is 0 Å². The molecule has 0 aliphatic carbocycles. The highest BCUT2D eigenvalue weighted by atomic mass is 31.2. The van der Waals surface area contributed by atoms with Crippen LogP contribution in [0, 0.1) is 0 Å². The van der Waals surface area contributed by atoms with Crippen molar-refractivity contribution < 1.29 is 4.57 Å². The van der Waals surface area contributed by atoms with Gasteiger partial charge in [0.25, 0.3) is 0 Å². The van der Waals surface area contributed by atoms with E-state index in [1.807, 2.05) is 0 Å². The number of hydrogen-bond donors (Lipinski definition) is 0. The largest absolute Gasteiger partial charge is 0.304 e. The summed E-state index contributed by atoms with van der Waals surface area (Å²) in [7, 11) is 13.5. The SMILES string of the molecule is [B]c1ccc(P(=O)(c2ccc([B])cn2)c2cnc([B])cn2)nc1. The van der Waals surface area contributed by atoms with Crippen molar-refractivity contribution >= 4 is 63.5 Å². The van der Waals surface area contributed by atoms with Crippen molar-refractivity contribution in [2.24, 2.45) is 0 Å².